The average molecular weight is 467 g/mol. The first-order valence-corrected chi connectivity index (χ1v) is 8.09. The van der Waals surface area contributed by atoms with Gasteiger partial charge in [0.15, 0.2) is 5.96 Å². The van der Waals surface area contributed by atoms with E-state index in [1.807, 2.05) is 11.0 Å². The van der Waals surface area contributed by atoms with Crippen LogP contribution in [0.25, 0.3) is 0 Å². The molecule has 2 heterocycles. The maximum Gasteiger partial charge on any atom is 0.248 e. The number of carbonyl (C=O) groups excluding carboxylic acids is 1. The number of rotatable bonds is 4. The van der Waals surface area contributed by atoms with Crippen LogP contribution in [0.2, 0.25) is 0 Å². The van der Waals surface area contributed by atoms with Crippen molar-refractivity contribution in [2.24, 2.45) is 16.5 Å². The van der Waals surface area contributed by atoms with Gasteiger partial charge in [-0.1, -0.05) is 12.1 Å². The molecule has 0 spiro atoms. The molecule has 1 saturated heterocycles. The van der Waals surface area contributed by atoms with Crippen molar-refractivity contribution in [3.8, 4) is 0 Å². The van der Waals surface area contributed by atoms with Gasteiger partial charge in [-0.05, 0) is 23.8 Å². The predicted octanol–water partition coefficient (Wildman–Crippen LogP) is 0.830. The Morgan fingerprint density at radius 3 is 2.42 bits per heavy atom. The zero-order chi connectivity index (χ0) is 17.6. The van der Waals surface area contributed by atoms with Crippen LogP contribution in [0.1, 0.15) is 15.9 Å². The van der Waals surface area contributed by atoms with Crippen molar-refractivity contribution in [2.75, 3.05) is 31.1 Å². The van der Waals surface area contributed by atoms with Gasteiger partial charge in [0.25, 0.3) is 0 Å². The molecule has 0 radical (unpaired) electrons. The zero-order valence-electron chi connectivity index (χ0n) is 14.3. The van der Waals surface area contributed by atoms with Gasteiger partial charge >= 0.3 is 0 Å². The third-order valence-electron chi connectivity index (χ3n) is 4.07. The molecule has 9 heteroatoms. The molecule has 0 unspecified atom stereocenters. The second-order valence-electron chi connectivity index (χ2n) is 5.76. The van der Waals surface area contributed by atoms with E-state index in [0.29, 0.717) is 18.1 Å². The fourth-order valence-corrected chi connectivity index (χ4v) is 2.69. The first kappa shape index (κ1) is 19.9. The summed E-state index contributed by atoms with van der Waals surface area (Å²) in [6.45, 7) is 3.51. The third-order valence-corrected chi connectivity index (χ3v) is 4.07. The first-order valence-electron chi connectivity index (χ1n) is 8.09. The van der Waals surface area contributed by atoms with E-state index < -0.39 is 5.91 Å². The summed E-state index contributed by atoms with van der Waals surface area (Å²) in [6.07, 6.45) is 3.48. The van der Waals surface area contributed by atoms with E-state index >= 15 is 0 Å². The number of aliphatic imine (C=N–C) groups is 1. The average Bonchev–Trinajstić information content (AvgIpc) is 2.67. The molecule has 1 fully saturated rings. The van der Waals surface area contributed by atoms with Crippen LogP contribution in [0.15, 0.2) is 47.7 Å². The number of halogens is 1. The summed E-state index contributed by atoms with van der Waals surface area (Å²) in [4.78, 5) is 28.4. The van der Waals surface area contributed by atoms with Gasteiger partial charge in [-0.3, -0.25) is 4.79 Å². The first-order chi connectivity index (χ1) is 12.1. The number of benzene rings is 1. The molecule has 2 aromatic rings. The number of hydrogen-bond acceptors (Lipinski definition) is 5. The van der Waals surface area contributed by atoms with E-state index in [1.54, 1.807) is 36.7 Å². The lowest BCUT2D eigenvalue weighted by Crippen LogP contribution is -2.51. The van der Waals surface area contributed by atoms with Gasteiger partial charge in [0, 0.05) is 44.1 Å². The van der Waals surface area contributed by atoms with E-state index in [1.165, 1.54) is 0 Å². The minimum absolute atomic E-state index is 0. The van der Waals surface area contributed by atoms with Crippen molar-refractivity contribution >= 4 is 41.8 Å². The maximum atomic E-state index is 11.2. The van der Waals surface area contributed by atoms with Crippen molar-refractivity contribution in [1.82, 2.24) is 14.9 Å². The Hall–Kier alpha value is -2.43. The number of nitrogens with two attached hydrogens (primary N) is 2. The summed E-state index contributed by atoms with van der Waals surface area (Å²) in [7, 11) is 0. The number of primary amides is 1. The smallest absolute Gasteiger partial charge is 0.248 e. The highest BCUT2D eigenvalue weighted by Gasteiger charge is 2.19. The molecule has 1 amide bonds. The van der Waals surface area contributed by atoms with Crippen molar-refractivity contribution < 1.29 is 4.79 Å². The number of amides is 1. The highest BCUT2D eigenvalue weighted by Crippen LogP contribution is 2.10. The fourth-order valence-electron chi connectivity index (χ4n) is 2.69. The Balaban J connectivity index is 0.00000243. The summed E-state index contributed by atoms with van der Waals surface area (Å²) in [5.74, 6) is 0.789. The van der Waals surface area contributed by atoms with Gasteiger partial charge in [0.2, 0.25) is 11.9 Å². The molecule has 138 valence electrons. The Morgan fingerprint density at radius 1 is 1.08 bits per heavy atom. The lowest BCUT2D eigenvalue weighted by atomic mass is 10.1. The molecule has 26 heavy (non-hydrogen) atoms. The Labute approximate surface area is 169 Å². The minimum Gasteiger partial charge on any atom is -0.370 e. The molecule has 3 rings (SSSR count). The van der Waals surface area contributed by atoms with Crippen molar-refractivity contribution in [2.45, 2.75) is 6.54 Å². The molecule has 1 aromatic heterocycles. The number of nitrogens with zero attached hydrogens (tertiary/aromatic N) is 5. The Morgan fingerprint density at radius 2 is 1.77 bits per heavy atom. The maximum absolute atomic E-state index is 11.2. The lowest BCUT2D eigenvalue weighted by molar-refractivity contribution is 0.1000. The molecule has 0 saturated carbocycles. The number of guanidine groups is 1. The molecule has 8 nitrogen and oxygen atoms in total. The zero-order valence-corrected chi connectivity index (χ0v) is 16.6. The largest absolute Gasteiger partial charge is 0.370 e. The number of hydrogen-bond donors (Lipinski definition) is 2. The van der Waals surface area contributed by atoms with E-state index in [0.717, 1.165) is 37.7 Å². The van der Waals surface area contributed by atoms with Gasteiger partial charge in [-0.25, -0.2) is 15.0 Å². The topological polar surface area (TPSA) is 114 Å². The van der Waals surface area contributed by atoms with Gasteiger partial charge in [-0.15, -0.1) is 24.0 Å². The molecule has 1 aliphatic rings. The van der Waals surface area contributed by atoms with E-state index in [9.17, 15) is 4.79 Å². The monoisotopic (exact) mass is 467 g/mol. The molecule has 0 bridgehead atoms. The predicted molar refractivity (Wildman–Crippen MR) is 112 cm³/mol. The highest BCUT2D eigenvalue weighted by molar-refractivity contribution is 14.0. The molecule has 1 aliphatic heterocycles. The van der Waals surface area contributed by atoms with Crippen molar-refractivity contribution in [3.05, 3.63) is 53.9 Å². The highest BCUT2D eigenvalue weighted by atomic mass is 127. The molecule has 0 aliphatic carbocycles. The van der Waals surface area contributed by atoms with E-state index in [-0.39, 0.29) is 24.0 Å². The van der Waals surface area contributed by atoms with Crippen LogP contribution in [0.3, 0.4) is 0 Å². The van der Waals surface area contributed by atoms with E-state index in [2.05, 4.69) is 19.9 Å². The number of carbonyl (C=O) groups is 1. The molecule has 1 aromatic carbocycles. The minimum atomic E-state index is -0.446. The summed E-state index contributed by atoms with van der Waals surface area (Å²) >= 11 is 0. The standard InChI is InChI=1S/C17H21N7O.HI/c18-15(25)14-4-1-3-13(11-14)12-22-16(19)23-7-9-24(10-8-23)17-20-5-2-6-21-17;/h1-6,11H,7-10,12H2,(H2,18,25)(H2,19,22);1H. The van der Waals surface area contributed by atoms with Crippen molar-refractivity contribution in [3.63, 3.8) is 0 Å². The molecular formula is C17H22IN7O. The van der Waals surface area contributed by atoms with Gasteiger partial charge in [-0.2, -0.15) is 0 Å². The lowest BCUT2D eigenvalue weighted by Gasteiger charge is -2.35. The summed E-state index contributed by atoms with van der Waals surface area (Å²) < 4.78 is 0. The number of anilines is 1. The Kier molecular flexibility index (Phi) is 7.13. The molecule has 0 atom stereocenters. The van der Waals surface area contributed by atoms with Crippen LogP contribution in [-0.2, 0) is 6.54 Å². The summed E-state index contributed by atoms with van der Waals surface area (Å²) in [5, 5.41) is 0. The Bertz CT molecular complexity index is 761. The molecular weight excluding hydrogens is 445 g/mol. The van der Waals surface area contributed by atoms with Gasteiger partial charge < -0.3 is 21.3 Å². The van der Waals surface area contributed by atoms with E-state index in [4.69, 9.17) is 11.5 Å². The SMILES string of the molecule is I.NC(=O)c1cccc(CN=C(N)N2CCN(c3ncccn3)CC2)c1. The normalized spacial score (nSPS) is 14.7. The number of piperazine rings is 1. The van der Waals surface area contributed by atoms with Crippen LogP contribution < -0.4 is 16.4 Å². The molecule has 4 N–H and O–H groups in total. The third kappa shape index (κ3) is 5.04. The second kappa shape index (κ2) is 9.32. The van der Waals surface area contributed by atoms with Crippen molar-refractivity contribution in [1.29, 1.82) is 0 Å². The number of aromatic nitrogens is 2. The van der Waals surface area contributed by atoms with Crippen LogP contribution in [-0.4, -0.2) is 52.9 Å². The second-order valence-corrected chi connectivity index (χ2v) is 5.76. The van der Waals surface area contributed by atoms with Gasteiger partial charge in [0.05, 0.1) is 6.54 Å². The van der Waals surface area contributed by atoms with Crippen LogP contribution in [0.5, 0.6) is 0 Å². The summed E-state index contributed by atoms with van der Waals surface area (Å²) in [6, 6.07) is 8.92. The van der Waals surface area contributed by atoms with Crippen LogP contribution in [0, 0.1) is 0 Å². The van der Waals surface area contributed by atoms with Crippen LogP contribution in [0.4, 0.5) is 5.95 Å². The van der Waals surface area contributed by atoms with Gasteiger partial charge in [0.1, 0.15) is 0 Å². The summed E-state index contributed by atoms with van der Waals surface area (Å²) in [5.41, 5.74) is 12.8. The quantitative estimate of drug-likeness (QED) is 0.391. The van der Waals surface area contributed by atoms with Crippen LogP contribution >= 0.6 is 24.0 Å². The fraction of sp³-hybridized carbons (Fsp3) is 0.294.